The van der Waals surface area contributed by atoms with Crippen LogP contribution in [0, 0.1) is 0 Å². The summed E-state index contributed by atoms with van der Waals surface area (Å²) in [7, 11) is -0.0216. The summed E-state index contributed by atoms with van der Waals surface area (Å²) in [6.45, 7) is 5.46. The summed E-state index contributed by atoms with van der Waals surface area (Å²) < 4.78 is 32.9. The van der Waals surface area contributed by atoms with Gasteiger partial charge in [-0.2, -0.15) is 0 Å². The highest BCUT2D eigenvalue weighted by atomic mass is 32.2. The van der Waals surface area contributed by atoms with Gasteiger partial charge in [-0.25, -0.2) is 8.42 Å². The lowest BCUT2D eigenvalue weighted by molar-refractivity contribution is 0.360. The van der Waals surface area contributed by atoms with Gasteiger partial charge in [0.2, 0.25) is 9.84 Å². The van der Waals surface area contributed by atoms with Crippen molar-refractivity contribution < 1.29 is 13.2 Å². The van der Waals surface area contributed by atoms with Gasteiger partial charge in [0.25, 0.3) is 0 Å². The molecule has 0 radical (unpaired) electrons. The standard InChI is InChI=1S/C24H29N3O3S/c1-4-18-6-9-20(10-7-18)31(28,29)23-17-25-22-11-8-19(30-3)16-21(22)24(23)27-13-5-12-26(2)14-15-27/h6-11,16-17H,4-5,12-15H2,1-3H3. The monoisotopic (exact) mass is 439 g/mol. The number of hydrogen-bond donors (Lipinski definition) is 0. The lowest BCUT2D eigenvalue weighted by Gasteiger charge is -2.27. The largest absolute Gasteiger partial charge is 0.497 e. The molecule has 4 rings (SSSR count). The number of pyridine rings is 1. The van der Waals surface area contributed by atoms with E-state index >= 15 is 0 Å². The Labute approximate surface area is 184 Å². The van der Waals surface area contributed by atoms with E-state index in [0.717, 1.165) is 61.2 Å². The van der Waals surface area contributed by atoms with Gasteiger partial charge in [0.05, 0.1) is 23.2 Å². The van der Waals surface area contributed by atoms with Gasteiger partial charge in [0, 0.05) is 31.2 Å². The molecule has 1 aromatic heterocycles. The highest BCUT2D eigenvalue weighted by Gasteiger charge is 2.28. The molecule has 1 saturated heterocycles. The van der Waals surface area contributed by atoms with Crippen LogP contribution >= 0.6 is 0 Å². The fourth-order valence-corrected chi connectivity index (χ4v) is 5.52. The number of methoxy groups -OCH3 is 1. The van der Waals surface area contributed by atoms with Gasteiger partial charge in [0.15, 0.2) is 0 Å². The molecule has 0 saturated carbocycles. The lowest BCUT2D eigenvalue weighted by atomic mass is 10.1. The fraction of sp³-hybridized carbons (Fsp3) is 0.375. The molecule has 2 aromatic carbocycles. The Morgan fingerprint density at radius 1 is 1.03 bits per heavy atom. The van der Waals surface area contributed by atoms with Crippen molar-refractivity contribution in [2.24, 2.45) is 0 Å². The lowest BCUT2D eigenvalue weighted by Crippen LogP contribution is -2.30. The third kappa shape index (κ3) is 4.25. The SMILES string of the molecule is CCc1ccc(S(=O)(=O)c2cnc3ccc(OC)cc3c2N2CCCN(C)CC2)cc1. The number of rotatable bonds is 5. The van der Waals surface area contributed by atoms with Crippen molar-refractivity contribution in [1.82, 2.24) is 9.88 Å². The summed E-state index contributed by atoms with van der Waals surface area (Å²) in [4.78, 5) is 9.52. The number of ether oxygens (including phenoxy) is 1. The van der Waals surface area contributed by atoms with E-state index in [1.54, 1.807) is 19.2 Å². The van der Waals surface area contributed by atoms with Crippen LogP contribution in [0.25, 0.3) is 10.9 Å². The summed E-state index contributed by atoms with van der Waals surface area (Å²) in [5.74, 6) is 0.685. The van der Waals surface area contributed by atoms with E-state index in [1.165, 1.54) is 6.20 Å². The first-order valence-corrected chi connectivity index (χ1v) is 12.2. The molecule has 0 bridgehead atoms. The zero-order valence-electron chi connectivity index (χ0n) is 18.3. The van der Waals surface area contributed by atoms with E-state index in [1.807, 2.05) is 30.3 Å². The molecule has 6 nitrogen and oxygen atoms in total. The Bertz CT molecular complexity index is 1180. The van der Waals surface area contributed by atoms with Crippen LogP contribution in [0.15, 0.2) is 58.5 Å². The maximum Gasteiger partial charge on any atom is 0.210 e. The molecule has 0 spiro atoms. The molecule has 164 valence electrons. The van der Waals surface area contributed by atoms with Gasteiger partial charge in [-0.1, -0.05) is 19.1 Å². The predicted octanol–water partition coefficient (Wildman–Crippen LogP) is 3.78. The topological polar surface area (TPSA) is 62.7 Å². The van der Waals surface area contributed by atoms with Crippen molar-refractivity contribution in [3.63, 3.8) is 0 Å². The van der Waals surface area contributed by atoms with Crippen molar-refractivity contribution in [3.05, 3.63) is 54.2 Å². The summed E-state index contributed by atoms with van der Waals surface area (Å²) >= 11 is 0. The van der Waals surface area contributed by atoms with Crippen LogP contribution in [0.4, 0.5) is 5.69 Å². The van der Waals surface area contributed by atoms with Gasteiger partial charge < -0.3 is 14.5 Å². The number of fused-ring (bicyclic) bond motifs is 1. The minimum Gasteiger partial charge on any atom is -0.497 e. The Balaban J connectivity index is 1.93. The van der Waals surface area contributed by atoms with E-state index in [2.05, 4.69) is 28.8 Å². The third-order valence-corrected chi connectivity index (χ3v) is 7.75. The van der Waals surface area contributed by atoms with Crippen molar-refractivity contribution in [3.8, 4) is 5.75 Å². The fourth-order valence-electron chi connectivity index (χ4n) is 4.09. The maximum absolute atomic E-state index is 13.7. The predicted molar refractivity (Wildman–Crippen MR) is 124 cm³/mol. The van der Waals surface area contributed by atoms with Crippen LogP contribution < -0.4 is 9.64 Å². The minimum absolute atomic E-state index is 0.252. The maximum atomic E-state index is 13.7. The number of nitrogens with zero attached hydrogens (tertiary/aromatic N) is 3. The quantitative estimate of drug-likeness (QED) is 0.603. The minimum atomic E-state index is -3.74. The van der Waals surface area contributed by atoms with E-state index in [-0.39, 0.29) is 4.90 Å². The average Bonchev–Trinajstić information content (AvgIpc) is 3.02. The van der Waals surface area contributed by atoms with Gasteiger partial charge in [-0.3, -0.25) is 4.98 Å². The molecule has 1 aliphatic rings. The molecular formula is C24H29N3O3S. The van der Waals surface area contributed by atoms with Gasteiger partial charge >= 0.3 is 0 Å². The second-order valence-corrected chi connectivity index (χ2v) is 9.92. The van der Waals surface area contributed by atoms with Crippen LogP contribution in [0.3, 0.4) is 0 Å². The number of sulfone groups is 1. The molecule has 7 heteroatoms. The van der Waals surface area contributed by atoms with Crippen molar-refractivity contribution in [1.29, 1.82) is 0 Å². The number of anilines is 1. The molecule has 1 aliphatic heterocycles. The Kier molecular flexibility index (Phi) is 6.16. The molecule has 0 unspecified atom stereocenters. The number of benzene rings is 2. The molecule has 0 aliphatic carbocycles. The van der Waals surface area contributed by atoms with E-state index in [4.69, 9.17) is 4.74 Å². The third-order valence-electron chi connectivity index (χ3n) is 5.98. The average molecular weight is 440 g/mol. The molecule has 2 heterocycles. The van der Waals surface area contributed by atoms with Crippen molar-refractivity contribution in [2.75, 3.05) is 45.2 Å². The Morgan fingerprint density at radius 3 is 2.52 bits per heavy atom. The summed E-state index contributed by atoms with van der Waals surface area (Å²) in [6.07, 6.45) is 3.35. The Hall–Kier alpha value is -2.64. The number of aryl methyl sites for hydroxylation is 1. The summed E-state index contributed by atoms with van der Waals surface area (Å²) in [6, 6.07) is 12.8. The number of aromatic nitrogens is 1. The van der Waals surface area contributed by atoms with Crippen LogP contribution in [0.5, 0.6) is 5.75 Å². The molecule has 1 fully saturated rings. The number of likely N-dealkylation sites (N-methyl/N-ethyl adjacent to an activating group) is 1. The van der Waals surface area contributed by atoms with Crippen LogP contribution in [-0.2, 0) is 16.3 Å². The zero-order chi connectivity index (χ0) is 22.0. The first-order chi connectivity index (χ1) is 14.9. The van der Waals surface area contributed by atoms with Gasteiger partial charge in [0.1, 0.15) is 10.6 Å². The van der Waals surface area contributed by atoms with Crippen LogP contribution in [0.1, 0.15) is 18.9 Å². The summed E-state index contributed by atoms with van der Waals surface area (Å²) in [5, 5.41) is 0.801. The molecule has 31 heavy (non-hydrogen) atoms. The molecule has 0 amide bonds. The molecule has 0 atom stereocenters. The van der Waals surface area contributed by atoms with Gasteiger partial charge in [-0.05, 0) is 62.3 Å². The van der Waals surface area contributed by atoms with Crippen LogP contribution in [0.2, 0.25) is 0 Å². The first-order valence-electron chi connectivity index (χ1n) is 10.7. The highest BCUT2D eigenvalue weighted by molar-refractivity contribution is 7.91. The van der Waals surface area contributed by atoms with Crippen LogP contribution in [-0.4, -0.2) is 58.6 Å². The molecular weight excluding hydrogens is 410 g/mol. The van der Waals surface area contributed by atoms with E-state index in [9.17, 15) is 8.42 Å². The second kappa shape index (κ2) is 8.85. The zero-order valence-corrected chi connectivity index (χ0v) is 19.2. The van der Waals surface area contributed by atoms with E-state index in [0.29, 0.717) is 10.6 Å². The van der Waals surface area contributed by atoms with Crippen molar-refractivity contribution >= 4 is 26.4 Å². The number of hydrogen-bond acceptors (Lipinski definition) is 6. The van der Waals surface area contributed by atoms with Crippen molar-refractivity contribution in [2.45, 2.75) is 29.6 Å². The first kappa shape index (κ1) is 21.6. The van der Waals surface area contributed by atoms with Gasteiger partial charge in [-0.15, -0.1) is 0 Å². The molecule has 3 aromatic rings. The Morgan fingerprint density at radius 2 is 1.81 bits per heavy atom. The normalized spacial score (nSPS) is 15.8. The van der Waals surface area contributed by atoms with E-state index < -0.39 is 9.84 Å². The molecule has 0 N–H and O–H groups in total. The summed E-state index contributed by atoms with van der Waals surface area (Å²) in [5.41, 5.74) is 2.59. The highest BCUT2D eigenvalue weighted by Crippen LogP contribution is 2.37. The second-order valence-electron chi connectivity index (χ2n) is 8.00. The smallest absolute Gasteiger partial charge is 0.210 e.